The van der Waals surface area contributed by atoms with Crippen LogP contribution in [-0.2, 0) is 0 Å². The second-order valence-electron chi connectivity index (χ2n) is 2.99. The summed E-state index contributed by atoms with van der Waals surface area (Å²) in [5.74, 6) is 2.08. The van der Waals surface area contributed by atoms with E-state index in [1.54, 1.807) is 0 Å². The Morgan fingerprint density at radius 2 is 2.22 bits per heavy atom. The van der Waals surface area contributed by atoms with Crippen LogP contribution in [0, 0.1) is 5.92 Å². The van der Waals surface area contributed by atoms with Gasteiger partial charge in [-0.1, -0.05) is 13.8 Å². The van der Waals surface area contributed by atoms with Crippen LogP contribution in [0.1, 0.15) is 20.8 Å². The maximum Gasteiger partial charge on any atom is 0.0506 e. The Labute approximate surface area is 61.6 Å². The number of nitrogens with one attached hydrogen (secondary N) is 1. The minimum Gasteiger partial charge on any atom is -0.302 e. The summed E-state index contributed by atoms with van der Waals surface area (Å²) in [7, 11) is 0. The summed E-state index contributed by atoms with van der Waals surface area (Å²) in [5, 5.41) is 4.19. The third-order valence-electron chi connectivity index (χ3n) is 1.78. The molecule has 0 spiro atoms. The van der Waals surface area contributed by atoms with E-state index in [-0.39, 0.29) is 0 Å². The van der Waals surface area contributed by atoms with Crippen molar-refractivity contribution in [3.8, 4) is 0 Å². The maximum absolute atomic E-state index is 3.52. The van der Waals surface area contributed by atoms with Gasteiger partial charge >= 0.3 is 0 Å². The van der Waals surface area contributed by atoms with E-state index in [0.717, 1.165) is 12.0 Å². The smallest absolute Gasteiger partial charge is 0.0506 e. The normalized spacial score (nSPS) is 36.0. The van der Waals surface area contributed by atoms with Gasteiger partial charge < -0.3 is 5.32 Å². The summed E-state index contributed by atoms with van der Waals surface area (Å²) in [6, 6.07) is 0.755. The first-order chi connectivity index (χ1) is 4.20. The lowest BCUT2D eigenvalue weighted by Crippen LogP contribution is -2.32. The van der Waals surface area contributed by atoms with Crippen LogP contribution in [0.3, 0.4) is 0 Å². The second kappa shape index (κ2) is 2.93. The van der Waals surface area contributed by atoms with E-state index in [2.05, 4.69) is 26.1 Å². The van der Waals surface area contributed by atoms with Crippen molar-refractivity contribution in [2.24, 2.45) is 5.92 Å². The maximum atomic E-state index is 3.52. The van der Waals surface area contributed by atoms with Crippen LogP contribution in [0.25, 0.3) is 0 Å². The van der Waals surface area contributed by atoms with Gasteiger partial charge in [-0.05, 0) is 12.8 Å². The molecule has 2 atom stereocenters. The predicted octanol–water partition coefficient (Wildman–Crippen LogP) is 1.69. The van der Waals surface area contributed by atoms with Crippen molar-refractivity contribution in [2.75, 3.05) is 5.75 Å². The number of thioether (sulfide) groups is 1. The van der Waals surface area contributed by atoms with E-state index >= 15 is 0 Å². The molecule has 0 amide bonds. The zero-order valence-electron chi connectivity index (χ0n) is 6.35. The lowest BCUT2D eigenvalue weighted by molar-refractivity contribution is 0.450. The van der Waals surface area contributed by atoms with Gasteiger partial charge in [-0.25, -0.2) is 0 Å². The van der Waals surface area contributed by atoms with Crippen LogP contribution in [0.2, 0.25) is 0 Å². The molecule has 1 nitrogen and oxygen atoms in total. The van der Waals surface area contributed by atoms with Gasteiger partial charge in [-0.3, -0.25) is 0 Å². The molecule has 0 bridgehead atoms. The Hall–Kier alpha value is 0.310. The molecule has 1 aliphatic heterocycles. The molecule has 0 aromatic rings. The molecule has 1 rings (SSSR count). The SMILES string of the molecule is CC(C)C1CS[C@@H](C)N1. The van der Waals surface area contributed by atoms with Gasteiger partial charge in [0.05, 0.1) is 5.37 Å². The molecule has 1 aliphatic rings. The van der Waals surface area contributed by atoms with Gasteiger partial charge in [-0.15, -0.1) is 11.8 Å². The molecule has 2 heteroatoms. The van der Waals surface area contributed by atoms with E-state index in [0.29, 0.717) is 5.37 Å². The standard InChI is InChI=1S/C7H15NS/c1-5(2)7-4-9-6(3)8-7/h5-8H,4H2,1-3H3/t6-,7?/m0/s1. The van der Waals surface area contributed by atoms with Crippen LogP contribution in [0.15, 0.2) is 0 Å². The number of hydrogen-bond acceptors (Lipinski definition) is 2. The molecule has 54 valence electrons. The van der Waals surface area contributed by atoms with E-state index in [1.165, 1.54) is 5.75 Å². The minimum absolute atomic E-state index is 0.678. The lowest BCUT2D eigenvalue weighted by Gasteiger charge is -2.13. The van der Waals surface area contributed by atoms with Crippen LogP contribution < -0.4 is 5.32 Å². The van der Waals surface area contributed by atoms with E-state index in [9.17, 15) is 0 Å². The van der Waals surface area contributed by atoms with Gasteiger partial charge in [0.15, 0.2) is 0 Å². The van der Waals surface area contributed by atoms with Gasteiger partial charge in [-0.2, -0.15) is 0 Å². The van der Waals surface area contributed by atoms with Crippen LogP contribution in [0.4, 0.5) is 0 Å². The van der Waals surface area contributed by atoms with E-state index < -0.39 is 0 Å². The molecule has 0 aliphatic carbocycles. The molecule has 1 N–H and O–H groups in total. The first-order valence-electron chi connectivity index (χ1n) is 3.58. The molecular formula is C7H15NS. The molecule has 0 saturated carbocycles. The third kappa shape index (κ3) is 1.87. The summed E-state index contributed by atoms with van der Waals surface area (Å²) in [4.78, 5) is 0. The Kier molecular flexibility index (Phi) is 2.42. The quantitative estimate of drug-likeness (QED) is 0.602. The van der Waals surface area contributed by atoms with Crippen molar-refractivity contribution in [3.63, 3.8) is 0 Å². The molecule has 0 aromatic heterocycles. The molecule has 1 saturated heterocycles. The monoisotopic (exact) mass is 145 g/mol. The van der Waals surface area contributed by atoms with Crippen molar-refractivity contribution >= 4 is 11.8 Å². The molecule has 1 fully saturated rings. The second-order valence-corrected chi connectivity index (χ2v) is 4.37. The highest BCUT2D eigenvalue weighted by molar-refractivity contribution is 8.00. The molecule has 1 heterocycles. The minimum atomic E-state index is 0.678. The van der Waals surface area contributed by atoms with Crippen LogP contribution >= 0.6 is 11.8 Å². The Bertz CT molecular complexity index is 92.9. The highest BCUT2D eigenvalue weighted by Crippen LogP contribution is 2.21. The largest absolute Gasteiger partial charge is 0.302 e. The molecule has 1 unspecified atom stereocenters. The van der Waals surface area contributed by atoms with Gasteiger partial charge in [0, 0.05) is 11.8 Å². The zero-order valence-corrected chi connectivity index (χ0v) is 7.16. The van der Waals surface area contributed by atoms with E-state index in [4.69, 9.17) is 0 Å². The average molecular weight is 145 g/mol. The fourth-order valence-corrected chi connectivity index (χ4v) is 2.28. The molecule has 9 heavy (non-hydrogen) atoms. The fourth-order valence-electron chi connectivity index (χ4n) is 1.03. The van der Waals surface area contributed by atoms with Crippen molar-refractivity contribution in [1.82, 2.24) is 5.32 Å². The van der Waals surface area contributed by atoms with Crippen molar-refractivity contribution in [2.45, 2.75) is 32.2 Å². The van der Waals surface area contributed by atoms with Crippen LogP contribution in [-0.4, -0.2) is 17.2 Å². The first-order valence-corrected chi connectivity index (χ1v) is 4.62. The summed E-state index contributed by atoms with van der Waals surface area (Å²) in [6.45, 7) is 6.78. The van der Waals surface area contributed by atoms with Crippen molar-refractivity contribution in [3.05, 3.63) is 0 Å². The molecular weight excluding hydrogens is 130 g/mol. The average Bonchev–Trinajstić information content (AvgIpc) is 2.14. The number of hydrogen-bond donors (Lipinski definition) is 1. The molecule has 0 aromatic carbocycles. The summed E-state index contributed by atoms with van der Waals surface area (Å²) in [6.07, 6.45) is 0. The molecule has 0 radical (unpaired) electrons. The topological polar surface area (TPSA) is 12.0 Å². The number of rotatable bonds is 1. The summed E-state index contributed by atoms with van der Waals surface area (Å²) < 4.78 is 0. The Morgan fingerprint density at radius 3 is 2.44 bits per heavy atom. The van der Waals surface area contributed by atoms with Gasteiger partial charge in [0.25, 0.3) is 0 Å². The first kappa shape index (κ1) is 7.42. The highest BCUT2D eigenvalue weighted by atomic mass is 32.2. The summed E-state index contributed by atoms with van der Waals surface area (Å²) >= 11 is 2.02. The third-order valence-corrected chi connectivity index (χ3v) is 2.97. The fraction of sp³-hybridized carbons (Fsp3) is 1.00. The van der Waals surface area contributed by atoms with Crippen molar-refractivity contribution in [1.29, 1.82) is 0 Å². The lowest BCUT2D eigenvalue weighted by atomic mass is 10.1. The summed E-state index contributed by atoms with van der Waals surface area (Å²) in [5.41, 5.74) is 0. The Morgan fingerprint density at radius 1 is 1.56 bits per heavy atom. The zero-order chi connectivity index (χ0) is 6.85. The Balaban J connectivity index is 2.30. The predicted molar refractivity (Wildman–Crippen MR) is 43.7 cm³/mol. The van der Waals surface area contributed by atoms with Gasteiger partial charge in [0.2, 0.25) is 0 Å². The van der Waals surface area contributed by atoms with E-state index in [1.807, 2.05) is 11.8 Å². The highest BCUT2D eigenvalue weighted by Gasteiger charge is 2.22. The van der Waals surface area contributed by atoms with Gasteiger partial charge in [0.1, 0.15) is 0 Å². The van der Waals surface area contributed by atoms with Crippen LogP contribution in [0.5, 0.6) is 0 Å². The van der Waals surface area contributed by atoms with Crippen molar-refractivity contribution < 1.29 is 0 Å².